The first kappa shape index (κ1) is 21.5. The molecule has 1 aliphatic heterocycles. The lowest BCUT2D eigenvalue weighted by molar-refractivity contribution is -0.126. The summed E-state index contributed by atoms with van der Waals surface area (Å²) >= 11 is 6.36. The van der Waals surface area contributed by atoms with Gasteiger partial charge in [0.1, 0.15) is 16.6 Å². The van der Waals surface area contributed by atoms with Crippen LogP contribution >= 0.6 is 24.0 Å². The summed E-state index contributed by atoms with van der Waals surface area (Å²) in [6.45, 7) is 2.16. The Bertz CT molecular complexity index is 1030. The number of carbonyl (C=O) groups excluding carboxylic acids is 2. The minimum absolute atomic E-state index is 0.0355. The molecule has 30 heavy (non-hydrogen) atoms. The minimum atomic E-state index is -1.16. The molecule has 2 N–H and O–H groups in total. The summed E-state index contributed by atoms with van der Waals surface area (Å²) < 4.78 is 5.66. The molecule has 2 amide bonds. The minimum Gasteiger partial charge on any atom is -0.494 e. The second-order valence-corrected chi connectivity index (χ2v) is 7.84. The molecule has 0 radical (unpaired) electrons. The Hall–Kier alpha value is -3.17. The highest BCUT2D eigenvalue weighted by Crippen LogP contribution is 2.32. The van der Waals surface area contributed by atoms with Crippen LogP contribution in [-0.2, 0) is 9.59 Å². The maximum Gasteiger partial charge on any atom is 0.337 e. The number of nitrogens with one attached hydrogen (secondary N) is 1. The average molecular weight is 443 g/mol. The fraction of sp³-hybridized carbons (Fsp3) is 0.143. The van der Waals surface area contributed by atoms with Gasteiger partial charge in [0.05, 0.1) is 22.8 Å². The van der Waals surface area contributed by atoms with E-state index in [0.29, 0.717) is 11.5 Å². The van der Waals surface area contributed by atoms with Crippen LogP contribution in [0.2, 0.25) is 0 Å². The molecule has 0 unspecified atom stereocenters. The van der Waals surface area contributed by atoms with Crippen molar-refractivity contribution in [2.45, 2.75) is 6.92 Å². The smallest absolute Gasteiger partial charge is 0.337 e. The molecule has 0 bridgehead atoms. The number of rotatable bonds is 7. The number of carboxylic acid groups (broad SMARTS) is 1. The fourth-order valence-electron chi connectivity index (χ4n) is 2.73. The molecule has 1 saturated heterocycles. The number of ether oxygens (including phenoxy) is 1. The van der Waals surface area contributed by atoms with Crippen LogP contribution in [0.1, 0.15) is 22.8 Å². The van der Waals surface area contributed by atoms with Gasteiger partial charge >= 0.3 is 5.97 Å². The van der Waals surface area contributed by atoms with Gasteiger partial charge in [-0.2, -0.15) is 0 Å². The highest BCUT2D eigenvalue weighted by molar-refractivity contribution is 8.26. The normalized spacial score (nSPS) is 14.8. The number of nitrogens with zero attached hydrogens (tertiary/aromatic N) is 1. The Labute approximate surface area is 182 Å². The molecule has 1 fully saturated rings. The third kappa shape index (κ3) is 5.05. The first-order valence-corrected chi connectivity index (χ1v) is 10.2. The van der Waals surface area contributed by atoms with E-state index in [0.717, 1.165) is 23.1 Å². The molecular formula is C21H18N2O5S2. The van der Waals surface area contributed by atoms with Crippen LogP contribution in [0.15, 0.2) is 53.4 Å². The zero-order valence-corrected chi connectivity index (χ0v) is 17.6. The first-order chi connectivity index (χ1) is 14.4. The van der Waals surface area contributed by atoms with Crippen LogP contribution in [-0.4, -0.2) is 45.3 Å². The molecule has 0 aliphatic carbocycles. The number of amides is 2. The van der Waals surface area contributed by atoms with Crippen LogP contribution in [0, 0.1) is 0 Å². The maximum absolute atomic E-state index is 12.7. The van der Waals surface area contributed by atoms with E-state index in [-0.39, 0.29) is 28.0 Å². The quantitative estimate of drug-likeness (QED) is 0.499. The summed E-state index contributed by atoms with van der Waals surface area (Å²) in [5.41, 5.74) is 0.927. The number of carbonyl (C=O) groups is 3. The molecule has 3 rings (SSSR count). The van der Waals surface area contributed by atoms with Crippen molar-refractivity contribution >= 4 is 57.8 Å². The van der Waals surface area contributed by atoms with Crippen LogP contribution < -0.4 is 10.1 Å². The van der Waals surface area contributed by atoms with Gasteiger partial charge in [0.2, 0.25) is 5.91 Å². The second kappa shape index (κ2) is 9.55. The SMILES string of the molecule is CCOc1ccc(/C=C2/SC(=S)N(CC(=O)Nc3ccccc3C(=O)O)C2=O)cc1. The Morgan fingerprint density at radius 1 is 1.20 bits per heavy atom. The summed E-state index contributed by atoms with van der Waals surface area (Å²) in [4.78, 5) is 38.0. The van der Waals surface area contributed by atoms with Gasteiger partial charge in [0.15, 0.2) is 0 Å². The summed E-state index contributed by atoms with van der Waals surface area (Å²) in [6, 6.07) is 13.3. The monoisotopic (exact) mass is 442 g/mol. The van der Waals surface area contributed by atoms with E-state index < -0.39 is 11.9 Å². The van der Waals surface area contributed by atoms with E-state index in [2.05, 4.69) is 5.32 Å². The van der Waals surface area contributed by atoms with Gasteiger partial charge < -0.3 is 15.2 Å². The van der Waals surface area contributed by atoms with Gasteiger partial charge in [-0.1, -0.05) is 48.2 Å². The lowest BCUT2D eigenvalue weighted by Gasteiger charge is -2.15. The standard InChI is InChI=1S/C21H18N2O5S2/c1-2-28-14-9-7-13(8-10-14)11-17-19(25)23(21(29)30-17)12-18(24)22-16-6-4-3-5-15(16)20(26)27/h3-11H,2,12H2,1H3,(H,22,24)(H,26,27)/b17-11+. The predicted octanol–water partition coefficient (Wildman–Crippen LogP) is 3.62. The Balaban J connectivity index is 1.69. The third-order valence-corrected chi connectivity index (χ3v) is 5.47. The van der Waals surface area contributed by atoms with Crippen LogP contribution in [0.3, 0.4) is 0 Å². The number of thioether (sulfide) groups is 1. The zero-order chi connectivity index (χ0) is 21.7. The van der Waals surface area contributed by atoms with Gasteiger partial charge in [-0.05, 0) is 42.8 Å². The van der Waals surface area contributed by atoms with Crippen molar-refractivity contribution in [2.24, 2.45) is 0 Å². The lowest BCUT2D eigenvalue weighted by Crippen LogP contribution is -2.36. The number of hydrogen-bond acceptors (Lipinski definition) is 6. The summed E-state index contributed by atoms with van der Waals surface area (Å²) in [5.74, 6) is -1.34. The molecule has 0 spiro atoms. The van der Waals surface area contributed by atoms with Crippen molar-refractivity contribution in [3.05, 3.63) is 64.6 Å². The van der Waals surface area contributed by atoms with Crippen LogP contribution in [0.4, 0.5) is 5.69 Å². The molecule has 1 aliphatic rings. The summed E-state index contributed by atoms with van der Waals surface area (Å²) in [5, 5.41) is 11.7. The van der Waals surface area contributed by atoms with Crippen molar-refractivity contribution < 1.29 is 24.2 Å². The number of hydrogen-bond donors (Lipinski definition) is 2. The Morgan fingerprint density at radius 2 is 1.90 bits per heavy atom. The highest BCUT2D eigenvalue weighted by atomic mass is 32.2. The van der Waals surface area contributed by atoms with E-state index in [9.17, 15) is 19.5 Å². The number of aromatic carboxylic acids is 1. The fourth-order valence-corrected chi connectivity index (χ4v) is 3.98. The van der Waals surface area contributed by atoms with Gasteiger partial charge in [-0.15, -0.1) is 0 Å². The van der Waals surface area contributed by atoms with Crippen LogP contribution in [0.25, 0.3) is 6.08 Å². The molecule has 1 heterocycles. The van der Waals surface area contributed by atoms with Crippen molar-refractivity contribution in [2.75, 3.05) is 18.5 Å². The third-order valence-electron chi connectivity index (χ3n) is 4.10. The molecule has 7 nitrogen and oxygen atoms in total. The van der Waals surface area contributed by atoms with Crippen molar-refractivity contribution in [3.8, 4) is 5.75 Å². The van der Waals surface area contributed by atoms with Crippen molar-refractivity contribution in [3.63, 3.8) is 0 Å². The van der Waals surface area contributed by atoms with Gasteiger partial charge in [0.25, 0.3) is 5.91 Å². The first-order valence-electron chi connectivity index (χ1n) is 8.99. The number of carboxylic acids is 1. The van der Waals surface area contributed by atoms with E-state index >= 15 is 0 Å². The summed E-state index contributed by atoms with van der Waals surface area (Å²) in [7, 11) is 0. The predicted molar refractivity (Wildman–Crippen MR) is 120 cm³/mol. The molecule has 2 aromatic rings. The number of thiocarbonyl (C=S) groups is 1. The van der Waals surface area contributed by atoms with E-state index in [1.807, 2.05) is 31.2 Å². The summed E-state index contributed by atoms with van der Waals surface area (Å²) in [6.07, 6.45) is 1.70. The number of para-hydroxylation sites is 1. The van der Waals surface area contributed by atoms with Crippen molar-refractivity contribution in [1.29, 1.82) is 0 Å². The molecular weight excluding hydrogens is 424 g/mol. The maximum atomic E-state index is 12.7. The van der Waals surface area contributed by atoms with E-state index in [1.165, 1.54) is 17.0 Å². The van der Waals surface area contributed by atoms with Gasteiger partial charge in [0, 0.05) is 0 Å². The highest BCUT2D eigenvalue weighted by Gasteiger charge is 2.33. The van der Waals surface area contributed by atoms with E-state index in [1.54, 1.807) is 18.2 Å². The zero-order valence-electron chi connectivity index (χ0n) is 16.0. The van der Waals surface area contributed by atoms with Gasteiger partial charge in [-0.3, -0.25) is 14.5 Å². The molecule has 154 valence electrons. The average Bonchev–Trinajstić information content (AvgIpc) is 2.97. The molecule has 0 atom stereocenters. The second-order valence-electron chi connectivity index (χ2n) is 6.17. The molecule has 9 heteroatoms. The topological polar surface area (TPSA) is 95.9 Å². The van der Waals surface area contributed by atoms with E-state index in [4.69, 9.17) is 17.0 Å². The molecule has 2 aromatic carbocycles. The van der Waals surface area contributed by atoms with Crippen molar-refractivity contribution in [1.82, 2.24) is 4.90 Å². The molecule has 0 aromatic heterocycles. The lowest BCUT2D eigenvalue weighted by atomic mass is 10.2. The van der Waals surface area contributed by atoms with Crippen LogP contribution in [0.5, 0.6) is 5.75 Å². The number of anilines is 1. The largest absolute Gasteiger partial charge is 0.494 e. The van der Waals surface area contributed by atoms with Gasteiger partial charge in [-0.25, -0.2) is 4.79 Å². The Kier molecular flexibility index (Phi) is 6.86. The number of benzene rings is 2. The Morgan fingerprint density at radius 3 is 2.57 bits per heavy atom. The molecule has 0 saturated carbocycles.